The maximum absolute atomic E-state index is 8.59. The molecular weight excluding hydrogens is 150 g/mol. The van der Waals surface area contributed by atoms with Gasteiger partial charge in [0.1, 0.15) is 0 Å². The van der Waals surface area contributed by atoms with Crippen molar-refractivity contribution in [3.05, 3.63) is 0 Å². The van der Waals surface area contributed by atoms with Gasteiger partial charge in [0.25, 0.3) is 0 Å². The minimum Gasteiger partial charge on any atom is -0.567 e. The third-order valence-corrected chi connectivity index (χ3v) is 0. The zero-order valence-electron chi connectivity index (χ0n) is 3.21. The van der Waals surface area contributed by atoms with Crippen LogP contribution in [-0.4, -0.2) is 4.89 Å². The zero-order valence-corrected chi connectivity index (χ0v) is 8.23. The van der Waals surface area contributed by atoms with E-state index in [1.54, 1.807) is 0 Å². The van der Waals surface area contributed by atoms with Gasteiger partial charge in [-0.1, -0.05) is 0 Å². The van der Waals surface area contributed by atoms with Crippen molar-refractivity contribution in [2.45, 2.75) is 0 Å². The molecule has 6 heavy (non-hydrogen) atoms. The molecule has 1 atom stereocenters. The summed E-state index contributed by atoms with van der Waals surface area (Å²) in [6.45, 7) is 0. The molecule has 0 aliphatic rings. The van der Waals surface area contributed by atoms with Gasteiger partial charge in [-0.2, -0.15) is 18.4 Å². The van der Waals surface area contributed by atoms with Crippen molar-refractivity contribution in [1.82, 2.24) is 0 Å². The first-order chi connectivity index (χ1) is 1.73. The average molecular weight is 153 g/mol. The van der Waals surface area contributed by atoms with Gasteiger partial charge in [-0.15, -0.1) is 0 Å². The Hall–Kier alpha value is 2.01. The normalized spacial score (nSPS) is 7.33. The number of hydrogen-bond donors (Lipinski definition) is 1. The second-order valence-electron chi connectivity index (χ2n) is 0.238. The van der Waals surface area contributed by atoms with Gasteiger partial charge in [0, 0.05) is 0 Å². The van der Waals surface area contributed by atoms with Crippen LogP contribution < -0.4 is 56.3 Å². The summed E-state index contributed by atoms with van der Waals surface area (Å²) in [6, 6.07) is 0. The Balaban J connectivity index is -0.0000000450. The van der Waals surface area contributed by atoms with Gasteiger partial charge in [-0.25, -0.2) is 0 Å². The van der Waals surface area contributed by atoms with Crippen LogP contribution in [0.25, 0.3) is 0 Å². The molecule has 0 amide bonds. The molecule has 0 fully saturated rings. The van der Waals surface area contributed by atoms with Crippen molar-refractivity contribution < 1.29 is 65.7 Å². The summed E-state index contributed by atoms with van der Waals surface area (Å²) in [7, 11) is -3.12. The third kappa shape index (κ3) is 37.4. The average Bonchev–Trinajstić information content (AvgIpc) is 0.811. The minimum atomic E-state index is -3.12. The van der Waals surface area contributed by atoms with Crippen molar-refractivity contribution in [2.24, 2.45) is 0 Å². The topological polar surface area (TPSA) is 60.4 Å². The van der Waals surface area contributed by atoms with Gasteiger partial charge in [0.2, 0.25) is 0 Å². The van der Waals surface area contributed by atoms with Crippen LogP contribution in [0.1, 0.15) is 0 Å². The second-order valence-corrected chi connectivity index (χ2v) is 0.714. The molecular formula is H3KO3PS+. The van der Waals surface area contributed by atoms with Gasteiger partial charge in [-0.3, -0.25) is 0 Å². The van der Waals surface area contributed by atoms with Crippen LogP contribution in [0.15, 0.2) is 0 Å². The first-order valence-electron chi connectivity index (χ1n) is 0.565. The maximum atomic E-state index is 8.59. The molecule has 0 aromatic rings. The van der Waals surface area contributed by atoms with E-state index in [1.165, 1.54) is 0 Å². The van der Waals surface area contributed by atoms with Crippen LogP contribution in [0.4, 0.5) is 0 Å². The second kappa shape index (κ2) is 10.1. The Morgan fingerprint density at radius 2 is 1.67 bits per heavy atom. The SMILES string of the molecule is O=[P+]([O-])O.S.[K+]. The summed E-state index contributed by atoms with van der Waals surface area (Å²) in [5, 5.41) is 0. The molecule has 0 radical (unpaired) electrons. The first-order valence-corrected chi connectivity index (χ1v) is 1.70. The van der Waals surface area contributed by atoms with Crippen molar-refractivity contribution >= 4 is 21.8 Å². The summed E-state index contributed by atoms with van der Waals surface area (Å²) in [6.07, 6.45) is 0. The molecule has 1 unspecified atom stereocenters. The van der Waals surface area contributed by atoms with Crippen LogP contribution >= 0.6 is 21.8 Å². The minimum absolute atomic E-state index is 0. The first kappa shape index (κ1) is 15.7. The molecule has 0 heterocycles. The fourth-order valence-electron chi connectivity index (χ4n) is 0. The molecule has 0 spiro atoms. The van der Waals surface area contributed by atoms with E-state index in [4.69, 9.17) is 14.4 Å². The van der Waals surface area contributed by atoms with Crippen LogP contribution in [0.2, 0.25) is 0 Å². The predicted molar refractivity (Wildman–Crippen MR) is 20.2 cm³/mol. The summed E-state index contributed by atoms with van der Waals surface area (Å²) in [5.41, 5.74) is 0. The standard InChI is InChI=1S/K.HO3P.H2S/c;1-4(2)3;/h;(H,1,2,3);1H2/q+1;;. The van der Waals surface area contributed by atoms with Gasteiger partial charge in [0.05, 0.1) is 0 Å². The summed E-state index contributed by atoms with van der Waals surface area (Å²) >= 11 is 0. The third-order valence-electron chi connectivity index (χ3n) is 0. The largest absolute Gasteiger partial charge is 1.00 e. The number of rotatable bonds is 0. The predicted octanol–water partition coefficient (Wildman–Crippen LogP) is -3.89. The van der Waals surface area contributed by atoms with E-state index in [9.17, 15) is 0 Å². The van der Waals surface area contributed by atoms with Crippen LogP contribution in [0.5, 0.6) is 0 Å². The molecule has 0 aliphatic heterocycles. The van der Waals surface area contributed by atoms with E-state index < -0.39 is 8.25 Å². The molecule has 0 aliphatic carbocycles. The Morgan fingerprint density at radius 3 is 1.67 bits per heavy atom. The van der Waals surface area contributed by atoms with Gasteiger partial charge < -0.3 is 4.89 Å². The monoisotopic (exact) mass is 153 g/mol. The van der Waals surface area contributed by atoms with Crippen molar-refractivity contribution in [2.75, 3.05) is 0 Å². The summed E-state index contributed by atoms with van der Waals surface area (Å²) in [5.74, 6) is 0. The van der Waals surface area contributed by atoms with E-state index in [2.05, 4.69) is 0 Å². The van der Waals surface area contributed by atoms with E-state index in [0.29, 0.717) is 0 Å². The molecule has 32 valence electrons. The molecule has 6 heteroatoms. The van der Waals surface area contributed by atoms with Crippen molar-refractivity contribution in [3.63, 3.8) is 0 Å². The molecule has 0 bridgehead atoms. The molecule has 0 aromatic heterocycles. The molecule has 0 rings (SSSR count). The smallest absolute Gasteiger partial charge is 0.567 e. The van der Waals surface area contributed by atoms with Gasteiger partial charge in [0.15, 0.2) is 0 Å². The molecule has 1 N–H and O–H groups in total. The quantitative estimate of drug-likeness (QED) is 0.286. The van der Waals surface area contributed by atoms with E-state index in [-0.39, 0.29) is 64.9 Å². The van der Waals surface area contributed by atoms with Gasteiger partial charge >= 0.3 is 59.6 Å². The Labute approximate surface area is 86.0 Å². The van der Waals surface area contributed by atoms with E-state index in [0.717, 1.165) is 0 Å². The molecule has 3 nitrogen and oxygen atoms in total. The van der Waals surface area contributed by atoms with Crippen molar-refractivity contribution in [3.8, 4) is 0 Å². The van der Waals surface area contributed by atoms with E-state index >= 15 is 0 Å². The maximum Gasteiger partial charge on any atom is 1.00 e. The fraction of sp³-hybridized carbons (Fsp3) is 0. The van der Waals surface area contributed by atoms with Crippen molar-refractivity contribution in [1.29, 1.82) is 0 Å². The molecule has 0 aromatic carbocycles. The van der Waals surface area contributed by atoms with Crippen LogP contribution in [-0.2, 0) is 4.57 Å². The molecule has 0 saturated heterocycles. The Bertz CT molecular complexity index is 33.8. The van der Waals surface area contributed by atoms with Crippen LogP contribution in [0, 0.1) is 0 Å². The van der Waals surface area contributed by atoms with Gasteiger partial charge in [-0.05, 0) is 4.57 Å². The van der Waals surface area contributed by atoms with E-state index in [1.807, 2.05) is 0 Å². The summed E-state index contributed by atoms with van der Waals surface area (Å²) in [4.78, 5) is 15.6. The fourth-order valence-corrected chi connectivity index (χ4v) is 0. The number of hydrogen-bond acceptors (Lipinski definition) is 2. The Kier molecular flexibility index (Phi) is 26.4. The zero-order chi connectivity index (χ0) is 3.58. The molecule has 0 saturated carbocycles. The Morgan fingerprint density at radius 1 is 1.67 bits per heavy atom. The van der Waals surface area contributed by atoms with Crippen LogP contribution in [0.3, 0.4) is 0 Å². The summed E-state index contributed by atoms with van der Waals surface area (Å²) < 4.78 is 8.59.